The van der Waals surface area contributed by atoms with Gasteiger partial charge in [-0.1, -0.05) is 12.1 Å². The summed E-state index contributed by atoms with van der Waals surface area (Å²) in [5.74, 6) is -9.50. The Morgan fingerprint density at radius 1 is 0.692 bits per heavy atom. The summed E-state index contributed by atoms with van der Waals surface area (Å²) >= 11 is 0. The molecule has 0 fully saturated rings. The number of hydrogen-bond donors (Lipinski definition) is 0. The Labute approximate surface area is 149 Å². The van der Waals surface area contributed by atoms with Crippen molar-refractivity contribution in [1.29, 1.82) is 0 Å². The number of halogens is 1. The molecule has 1 aromatic carbocycles. The maximum atomic E-state index is 13.3. The van der Waals surface area contributed by atoms with Gasteiger partial charge in [0, 0.05) is 5.92 Å². The van der Waals surface area contributed by atoms with Crippen LogP contribution in [0.2, 0.25) is 0 Å². The molecule has 0 radical (unpaired) electrons. The normalized spacial score (nSPS) is 10.6. The molecule has 0 spiro atoms. The van der Waals surface area contributed by atoms with Crippen molar-refractivity contribution in [2.75, 3.05) is 28.4 Å². The Balaban J connectivity index is 3.64. The van der Waals surface area contributed by atoms with Crippen LogP contribution in [0, 0.1) is 17.7 Å². The molecule has 0 aliphatic rings. The molecule has 0 N–H and O–H groups in total. The minimum absolute atomic E-state index is 0.146. The second-order valence-corrected chi connectivity index (χ2v) is 5.13. The Bertz CT molecular complexity index is 602. The van der Waals surface area contributed by atoms with Crippen LogP contribution in [0.5, 0.6) is 0 Å². The monoisotopic (exact) mass is 370 g/mol. The van der Waals surface area contributed by atoms with Crippen LogP contribution in [-0.2, 0) is 38.1 Å². The van der Waals surface area contributed by atoms with Crippen LogP contribution in [0.4, 0.5) is 4.39 Å². The summed E-state index contributed by atoms with van der Waals surface area (Å²) in [6.07, 6.45) is 0. The molecule has 0 atom stereocenters. The lowest BCUT2D eigenvalue weighted by atomic mass is 9.76. The predicted octanol–water partition coefficient (Wildman–Crippen LogP) is 0.834. The molecule has 0 bridgehead atoms. The highest BCUT2D eigenvalue weighted by Gasteiger charge is 2.49. The fraction of sp³-hybridized carbons (Fsp3) is 0.412. The van der Waals surface area contributed by atoms with Crippen LogP contribution in [0.3, 0.4) is 0 Å². The highest BCUT2D eigenvalue weighted by Crippen LogP contribution is 2.36. The Kier molecular flexibility index (Phi) is 7.70. The lowest BCUT2D eigenvalue weighted by molar-refractivity contribution is -0.166. The number of rotatable bonds is 7. The molecule has 0 amide bonds. The van der Waals surface area contributed by atoms with Crippen LogP contribution >= 0.6 is 0 Å². The predicted molar refractivity (Wildman–Crippen MR) is 84.2 cm³/mol. The van der Waals surface area contributed by atoms with Gasteiger partial charge in [0.05, 0.1) is 28.4 Å². The van der Waals surface area contributed by atoms with E-state index in [1.807, 2.05) is 0 Å². The highest BCUT2D eigenvalue weighted by molar-refractivity contribution is 6.01. The topological polar surface area (TPSA) is 105 Å². The highest BCUT2D eigenvalue weighted by atomic mass is 19.1. The van der Waals surface area contributed by atoms with E-state index in [1.54, 1.807) is 0 Å². The average molecular weight is 370 g/mol. The first-order valence-electron chi connectivity index (χ1n) is 7.39. The third kappa shape index (κ3) is 4.56. The lowest BCUT2D eigenvalue weighted by Gasteiger charge is -2.28. The first kappa shape index (κ1) is 21.1. The molecular weight excluding hydrogens is 351 g/mol. The van der Waals surface area contributed by atoms with E-state index in [1.165, 1.54) is 12.1 Å². The average Bonchev–Trinajstić information content (AvgIpc) is 2.66. The van der Waals surface area contributed by atoms with E-state index < -0.39 is 47.4 Å². The molecule has 0 aliphatic heterocycles. The van der Waals surface area contributed by atoms with Gasteiger partial charge in [0.2, 0.25) is 0 Å². The fourth-order valence-electron chi connectivity index (χ4n) is 2.55. The van der Waals surface area contributed by atoms with Gasteiger partial charge < -0.3 is 18.9 Å². The van der Waals surface area contributed by atoms with E-state index in [0.717, 1.165) is 40.6 Å². The summed E-state index contributed by atoms with van der Waals surface area (Å²) in [5, 5.41) is 0. The molecular formula is C17H19FO8. The van der Waals surface area contributed by atoms with Crippen LogP contribution < -0.4 is 0 Å². The van der Waals surface area contributed by atoms with Gasteiger partial charge in [-0.2, -0.15) is 0 Å². The molecule has 142 valence electrons. The maximum Gasteiger partial charge on any atom is 0.320 e. The summed E-state index contributed by atoms with van der Waals surface area (Å²) in [6, 6.07) is 4.58. The summed E-state index contributed by atoms with van der Waals surface area (Å²) < 4.78 is 31.8. The van der Waals surface area contributed by atoms with Crippen molar-refractivity contribution in [1.82, 2.24) is 0 Å². The van der Waals surface area contributed by atoms with Crippen molar-refractivity contribution < 1.29 is 42.5 Å². The van der Waals surface area contributed by atoms with Gasteiger partial charge in [0.25, 0.3) is 0 Å². The number of ether oxygens (including phenoxy) is 4. The third-order valence-electron chi connectivity index (χ3n) is 3.79. The van der Waals surface area contributed by atoms with Crippen molar-refractivity contribution in [2.24, 2.45) is 11.8 Å². The van der Waals surface area contributed by atoms with Gasteiger partial charge in [0.15, 0.2) is 11.8 Å². The third-order valence-corrected chi connectivity index (χ3v) is 3.79. The van der Waals surface area contributed by atoms with E-state index >= 15 is 0 Å². The summed E-state index contributed by atoms with van der Waals surface area (Å²) in [4.78, 5) is 48.9. The van der Waals surface area contributed by atoms with Crippen LogP contribution in [0.15, 0.2) is 24.3 Å². The second-order valence-electron chi connectivity index (χ2n) is 5.13. The molecule has 1 aromatic rings. The molecule has 0 heterocycles. The number of carbonyl (C=O) groups is 4. The van der Waals surface area contributed by atoms with E-state index in [9.17, 15) is 23.6 Å². The van der Waals surface area contributed by atoms with Crippen LogP contribution in [0.1, 0.15) is 11.5 Å². The second kappa shape index (κ2) is 9.50. The first-order valence-corrected chi connectivity index (χ1v) is 7.39. The summed E-state index contributed by atoms with van der Waals surface area (Å²) in [6.45, 7) is 0. The van der Waals surface area contributed by atoms with Gasteiger partial charge >= 0.3 is 23.9 Å². The van der Waals surface area contributed by atoms with Gasteiger partial charge in [-0.25, -0.2) is 4.39 Å². The molecule has 8 nitrogen and oxygen atoms in total. The summed E-state index contributed by atoms with van der Waals surface area (Å²) in [7, 11) is 4.13. The molecule has 1 rings (SSSR count). The maximum absolute atomic E-state index is 13.3. The zero-order valence-electron chi connectivity index (χ0n) is 14.7. The smallest absolute Gasteiger partial charge is 0.320 e. The van der Waals surface area contributed by atoms with Crippen LogP contribution in [-0.4, -0.2) is 52.3 Å². The Morgan fingerprint density at radius 3 is 1.27 bits per heavy atom. The van der Waals surface area contributed by atoms with Crippen molar-refractivity contribution in [2.45, 2.75) is 5.92 Å². The van der Waals surface area contributed by atoms with Crippen LogP contribution in [0.25, 0.3) is 0 Å². The SMILES string of the molecule is COC(=O)C(C(=O)OC)C(c1ccc(F)cc1)C(C(=O)OC)C(=O)OC. The molecule has 0 aliphatic carbocycles. The fourth-order valence-corrected chi connectivity index (χ4v) is 2.55. The number of esters is 4. The molecule has 0 unspecified atom stereocenters. The number of carbonyl (C=O) groups excluding carboxylic acids is 4. The quantitative estimate of drug-likeness (QED) is 0.395. The Morgan fingerprint density at radius 2 is 1.00 bits per heavy atom. The standard InChI is InChI=1S/C17H19FO8/c1-23-14(19)12(15(20)24-2)11(9-5-7-10(18)8-6-9)13(16(21)25-3)17(22)26-4/h5-8,11-13H,1-4H3. The zero-order chi connectivity index (χ0) is 19.9. The van der Waals surface area contributed by atoms with E-state index in [-0.39, 0.29) is 5.56 Å². The van der Waals surface area contributed by atoms with Crippen molar-refractivity contribution in [3.05, 3.63) is 35.6 Å². The molecule has 0 saturated heterocycles. The summed E-state index contributed by atoms with van der Waals surface area (Å²) in [5.41, 5.74) is 0.146. The van der Waals surface area contributed by atoms with Gasteiger partial charge in [-0.3, -0.25) is 19.2 Å². The number of hydrogen-bond acceptors (Lipinski definition) is 8. The van der Waals surface area contributed by atoms with Crippen molar-refractivity contribution in [3.63, 3.8) is 0 Å². The minimum Gasteiger partial charge on any atom is -0.468 e. The largest absolute Gasteiger partial charge is 0.468 e. The van der Waals surface area contributed by atoms with E-state index in [2.05, 4.69) is 18.9 Å². The molecule has 9 heteroatoms. The lowest BCUT2D eigenvalue weighted by Crippen LogP contribution is -2.42. The first-order chi connectivity index (χ1) is 12.3. The zero-order valence-corrected chi connectivity index (χ0v) is 14.7. The van der Waals surface area contributed by atoms with E-state index in [4.69, 9.17) is 0 Å². The van der Waals surface area contributed by atoms with E-state index in [0.29, 0.717) is 0 Å². The van der Waals surface area contributed by atoms with Crippen molar-refractivity contribution >= 4 is 23.9 Å². The molecule has 0 saturated carbocycles. The van der Waals surface area contributed by atoms with Gasteiger partial charge in [-0.05, 0) is 17.7 Å². The number of methoxy groups -OCH3 is 4. The minimum atomic E-state index is -1.68. The number of benzene rings is 1. The van der Waals surface area contributed by atoms with Gasteiger partial charge in [-0.15, -0.1) is 0 Å². The van der Waals surface area contributed by atoms with Crippen molar-refractivity contribution in [3.8, 4) is 0 Å². The molecule has 26 heavy (non-hydrogen) atoms. The molecule has 0 aromatic heterocycles. The Hall–Kier alpha value is -2.97. The van der Waals surface area contributed by atoms with Gasteiger partial charge in [0.1, 0.15) is 5.82 Å².